The molecule has 4 nitrogen and oxygen atoms in total. The molecule has 0 aliphatic heterocycles. The predicted octanol–water partition coefficient (Wildman–Crippen LogP) is 1.95. The fraction of sp³-hybridized carbons (Fsp3) is 0.933. The summed E-state index contributed by atoms with van der Waals surface area (Å²) in [4.78, 5) is 11.8. The standard InChI is InChI=1S/C15H30N2O2/c1-2-13(8-11-16)6-7-14(18)17-12-15(19)9-4-3-5-10-15/h13,19H,2-12,16H2,1H3,(H,17,18). The minimum absolute atomic E-state index is 0.0643. The molecule has 4 heteroatoms. The highest BCUT2D eigenvalue weighted by Crippen LogP contribution is 2.27. The van der Waals surface area contributed by atoms with E-state index in [2.05, 4.69) is 12.2 Å². The third kappa shape index (κ3) is 6.39. The van der Waals surface area contributed by atoms with Crippen LogP contribution in [-0.4, -0.2) is 29.7 Å². The summed E-state index contributed by atoms with van der Waals surface area (Å²) in [5, 5.41) is 13.2. The maximum Gasteiger partial charge on any atom is 0.220 e. The third-order valence-corrected chi connectivity index (χ3v) is 4.33. The molecule has 0 aromatic carbocycles. The van der Waals surface area contributed by atoms with Crippen molar-refractivity contribution in [1.82, 2.24) is 5.32 Å². The van der Waals surface area contributed by atoms with Gasteiger partial charge < -0.3 is 16.2 Å². The largest absolute Gasteiger partial charge is 0.388 e. The number of hydrogen-bond acceptors (Lipinski definition) is 3. The number of nitrogens with two attached hydrogens (primary N) is 1. The van der Waals surface area contributed by atoms with Crippen LogP contribution < -0.4 is 11.1 Å². The van der Waals surface area contributed by atoms with Crippen molar-refractivity contribution in [1.29, 1.82) is 0 Å². The number of amides is 1. The Kier molecular flexibility index (Phi) is 7.39. The normalized spacial score (nSPS) is 19.9. The number of carbonyl (C=O) groups is 1. The van der Waals surface area contributed by atoms with Crippen LogP contribution in [0.25, 0.3) is 0 Å². The number of nitrogens with one attached hydrogen (secondary N) is 1. The highest BCUT2D eigenvalue weighted by molar-refractivity contribution is 5.75. The maximum atomic E-state index is 11.8. The first-order chi connectivity index (χ1) is 9.09. The average Bonchev–Trinajstić information content (AvgIpc) is 2.42. The summed E-state index contributed by atoms with van der Waals surface area (Å²) in [6.45, 7) is 3.25. The summed E-state index contributed by atoms with van der Waals surface area (Å²) in [5.41, 5.74) is 4.89. The van der Waals surface area contributed by atoms with Gasteiger partial charge in [-0.1, -0.05) is 32.6 Å². The van der Waals surface area contributed by atoms with E-state index in [1.165, 1.54) is 6.42 Å². The van der Waals surface area contributed by atoms with Crippen molar-refractivity contribution in [2.24, 2.45) is 11.7 Å². The van der Waals surface area contributed by atoms with E-state index >= 15 is 0 Å². The molecule has 4 N–H and O–H groups in total. The lowest BCUT2D eigenvalue weighted by molar-refractivity contribution is -0.123. The summed E-state index contributed by atoms with van der Waals surface area (Å²) in [7, 11) is 0. The first kappa shape index (κ1) is 16.4. The van der Waals surface area contributed by atoms with E-state index < -0.39 is 5.60 Å². The Labute approximate surface area is 117 Å². The number of rotatable bonds is 8. The van der Waals surface area contributed by atoms with Gasteiger partial charge in [0.05, 0.1) is 5.60 Å². The van der Waals surface area contributed by atoms with Crippen LogP contribution in [0.5, 0.6) is 0 Å². The van der Waals surface area contributed by atoms with Crippen molar-refractivity contribution in [3.8, 4) is 0 Å². The van der Waals surface area contributed by atoms with E-state index in [0.29, 0.717) is 25.4 Å². The molecule has 1 fully saturated rings. The van der Waals surface area contributed by atoms with Gasteiger partial charge in [-0.15, -0.1) is 0 Å². The molecular formula is C15H30N2O2. The number of aliphatic hydroxyl groups is 1. The van der Waals surface area contributed by atoms with Crippen LogP contribution in [0.1, 0.15) is 64.7 Å². The van der Waals surface area contributed by atoms with Crippen molar-refractivity contribution in [3.63, 3.8) is 0 Å². The van der Waals surface area contributed by atoms with Gasteiger partial charge in [0.2, 0.25) is 5.91 Å². The summed E-state index contributed by atoms with van der Waals surface area (Å²) < 4.78 is 0. The van der Waals surface area contributed by atoms with Gasteiger partial charge in [-0.05, 0) is 38.1 Å². The second kappa shape index (κ2) is 8.54. The zero-order chi connectivity index (χ0) is 14.1. The van der Waals surface area contributed by atoms with Crippen LogP contribution in [0.2, 0.25) is 0 Å². The van der Waals surface area contributed by atoms with E-state index in [1.54, 1.807) is 0 Å². The molecule has 0 aromatic rings. The van der Waals surface area contributed by atoms with Gasteiger partial charge in [-0.3, -0.25) is 4.79 Å². The Morgan fingerprint density at radius 3 is 2.58 bits per heavy atom. The van der Waals surface area contributed by atoms with Gasteiger partial charge in [0.1, 0.15) is 0 Å². The zero-order valence-corrected chi connectivity index (χ0v) is 12.3. The first-order valence-corrected chi connectivity index (χ1v) is 7.79. The topological polar surface area (TPSA) is 75.4 Å². The lowest BCUT2D eigenvalue weighted by Crippen LogP contribution is -2.44. The molecule has 0 heterocycles. The smallest absolute Gasteiger partial charge is 0.220 e. The quantitative estimate of drug-likeness (QED) is 0.631. The fourth-order valence-electron chi connectivity index (χ4n) is 2.86. The molecule has 0 radical (unpaired) electrons. The van der Waals surface area contributed by atoms with E-state index in [4.69, 9.17) is 5.73 Å². The minimum atomic E-state index is -0.657. The molecule has 0 spiro atoms. The lowest BCUT2D eigenvalue weighted by atomic mass is 9.85. The van der Waals surface area contributed by atoms with Crippen LogP contribution >= 0.6 is 0 Å². The van der Waals surface area contributed by atoms with Crippen LogP contribution in [0.3, 0.4) is 0 Å². The summed E-state index contributed by atoms with van der Waals surface area (Å²) in [6, 6.07) is 0. The van der Waals surface area contributed by atoms with Crippen LogP contribution in [0.15, 0.2) is 0 Å². The molecular weight excluding hydrogens is 240 g/mol. The van der Waals surface area contributed by atoms with Gasteiger partial charge in [-0.25, -0.2) is 0 Å². The lowest BCUT2D eigenvalue weighted by Gasteiger charge is -2.32. The number of hydrogen-bond donors (Lipinski definition) is 3. The summed E-state index contributed by atoms with van der Waals surface area (Å²) in [6.07, 6.45) is 8.50. The molecule has 112 valence electrons. The second-order valence-corrected chi connectivity index (χ2v) is 5.95. The third-order valence-electron chi connectivity index (χ3n) is 4.33. The molecule has 1 rings (SSSR count). The van der Waals surface area contributed by atoms with Crippen molar-refractivity contribution >= 4 is 5.91 Å². The maximum absolute atomic E-state index is 11.8. The monoisotopic (exact) mass is 270 g/mol. The molecule has 1 saturated carbocycles. The molecule has 1 aliphatic carbocycles. The molecule has 1 atom stereocenters. The Bertz CT molecular complexity index is 263. The molecule has 0 saturated heterocycles. The molecule has 19 heavy (non-hydrogen) atoms. The van der Waals surface area contributed by atoms with E-state index in [9.17, 15) is 9.90 Å². The first-order valence-electron chi connectivity index (χ1n) is 7.79. The van der Waals surface area contributed by atoms with E-state index in [0.717, 1.165) is 44.9 Å². The average molecular weight is 270 g/mol. The fourth-order valence-corrected chi connectivity index (χ4v) is 2.86. The Morgan fingerprint density at radius 2 is 2.00 bits per heavy atom. The predicted molar refractivity (Wildman–Crippen MR) is 77.7 cm³/mol. The molecule has 0 aromatic heterocycles. The minimum Gasteiger partial charge on any atom is -0.388 e. The zero-order valence-electron chi connectivity index (χ0n) is 12.3. The van der Waals surface area contributed by atoms with Gasteiger partial charge in [-0.2, -0.15) is 0 Å². The SMILES string of the molecule is CCC(CCN)CCC(=O)NCC1(O)CCCCC1. The summed E-state index contributed by atoms with van der Waals surface area (Å²) >= 11 is 0. The number of carbonyl (C=O) groups excluding carboxylic acids is 1. The second-order valence-electron chi connectivity index (χ2n) is 5.95. The van der Waals surface area contributed by atoms with Crippen LogP contribution in [-0.2, 0) is 4.79 Å². The van der Waals surface area contributed by atoms with Crippen LogP contribution in [0.4, 0.5) is 0 Å². The molecule has 1 amide bonds. The Morgan fingerprint density at radius 1 is 1.32 bits per heavy atom. The van der Waals surface area contributed by atoms with Gasteiger partial charge in [0.25, 0.3) is 0 Å². The van der Waals surface area contributed by atoms with Gasteiger partial charge in [0.15, 0.2) is 0 Å². The Balaban J connectivity index is 2.19. The van der Waals surface area contributed by atoms with Gasteiger partial charge >= 0.3 is 0 Å². The highest BCUT2D eigenvalue weighted by Gasteiger charge is 2.29. The molecule has 1 aliphatic rings. The van der Waals surface area contributed by atoms with Crippen molar-refractivity contribution in [2.75, 3.05) is 13.1 Å². The van der Waals surface area contributed by atoms with Crippen molar-refractivity contribution in [3.05, 3.63) is 0 Å². The van der Waals surface area contributed by atoms with E-state index in [-0.39, 0.29) is 5.91 Å². The summed E-state index contributed by atoms with van der Waals surface area (Å²) in [5.74, 6) is 0.614. The van der Waals surface area contributed by atoms with Crippen molar-refractivity contribution in [2.45, 2.75) is 70.3 Å². The molecule has 1 unspecified atom stereocenters. The van der Waals surface area contributed by atoms with Crippen LogP contribution in [0, 0.1) is 5.92 Å². The highest BCUT2D eigenvalue weighted by atomic mass is 16.3. The molecule has 0 bridgehead atoms. The van der Waals surface area contributed by atoms with Gasteiger partial charge in [0, 0.05) is 13.0 Å². The van der Waals surface area contributed by atoms with Crippen molar-refractivity contribution < 1.29 is 9.90 Å². The van der Waals surface area contributed by atoms with E-state index in [1.807, 2.05) is 0 Å². The Hall–Kier alpha value is -0.610.